The van der Waals surface area contributed by atoms with E-state index in [1.165, 1.54) is 73.1 Å². The monoisotopic (exact) mass is 384 g/mol. The Morgan fingerprint density at radius 1 is 0.647 bits per heavy atom. The summed E-state index contributed by atoms with van der Waals surface area (Å²) < 4.78 is 2.49. The summed E-state index contributed by atoms with van der Waals surface area (Å²) in [6, 6.07) is 0. The Balaban J connectivity index is 1.75. The summed E-state index contributed by atoms with van der Waals surface area (Å²) in [6.45, 7) is 0. The van der Waals surface area contributed by atoms with Crippen LogP contribution in [0.15, 0.2) is 0 Å². The van der Waals surface area contributed by atoms with E-state index in [1.807, 2.05) is 0 Å². The summed E-state index contributed by atoms with van der Waals surface area (Å²) in [6.07, 6.45) is 14.2. The van der Waals surface area contributed by atoms with Crippen molar-refractivity contribution in [1.82, 2.24) is 0 Å². The molecule has 0 unspecified atom stereocenters. The van der Waals surface area contributed by atoms with Crippen LogP contribution in [-0.2, 0) is 0 Å². The van der Waals surface area contributed by atoms with Gasteiger partial charge in [-0.25, -0.2) is 0 Å². The molecule has 2 rings (SSSR count). The van der Waals surface area contributed by atoms with E-state index < -0.39 is 16.1 Å². The van der Waals surface area contributed by atoms with Crippen molar-refractivity contribution in [3.63, 3.8) is 0 Å². The summed E-state index contributed by atoms with van der Waals surface area (Å²) in [7, 11) is 13.6. The molecule has 0 spiro atoms. The van der Waals surface area contributed by atoms with Crippen molar-refractivity contribution in [2.75, 3.05) is 0 Å². The van der Waals surface area contributed by atoms with Crippen LogP contribution in [0.2, 0.25) is 8.87 Å². The molecule has 3 heteroatoms. The zero-order chi connectivity index (χ0) is 12.1. The standard InChI is InChI=1S/2C7H13.2ClH.Sn/c2*1-7-5-3-2-4-6-7;;;/h2*7H,1-6H2;2*1H;/q;;;;+2/p-2. The zero-order valence-electron chi connectivity index (χ0n) is 10.9. The molecule has 0 aromatic heterocycles. The van der Waals surface area contributed by atoms with Gasteiger partial charge in [-0.3, -0.25) is 0 Å². The van der Waals surface area contributed by atoms with Crippen LogP contribution >= 0.6 is 17.8 Å². The second kappa shape index (κ2) is 7.24. The van der Waals surface area contributed by atoms with Crippen LogP contribution in [0.1, 0.15) is 64.2 Å². The van der Waals surface area contributed by atoms with Crippen LogP contribution < -0.4 is 0 Å². The van der Waals surface area contributed by atoms with E-state index in [2.05, 4.69) is 0 Å². The van der Waals surface area contributed by atoms with Gasteiger partial charge in [0.1, 0.15) is 0 Å². The average Bonchev–Trinajstić information content (AvgIpc) is 2.30. The molecular weight excluding hydrogens is 358 g/mol. The quantitative estimate of drug-likeness (QED) is 0.517. The molecule has 0 aromatic rings. The molecule has 100 valence electrons. The molecular formula is C14H26Cl2Sn. The summed E-state index contributed by atoms with van der Waals surface area (Å²) in [5.74, 6) is 1.77. The van der Waals surface area contributed by atoms with Gasteiger partial charge in [-0.15, -0.1) is 0 Å². The molecule has 0 bridgehead atoms. The fourth-order valence-electron chi connectivity index (χ4n) is 3.71. The van der Waals surface area contributed by atoms with Gasteiger partial charge in [-0.05, 0) is 0 Å². The summed E-state index contributed by atoms with van der Waals surface area (Å²) in [4.78, 5) is 0. The van der Waals surface area contributed by atoms with Gasteiger partial charge in [0, 0.05) is 0 Å². The first-order valence-corrected chi connectivity index (χ1v) is 18.8. The Morgan fingerprint density at radius 3 is 1.35 bits per heavy atom. The molecule has 0 nitrogen and oxygen atoms in total. The van der Waals surface area contributed by atoms with Gasteiger partial charge in [-0.1, -0.05) is 0 Å². The van der Waals surface area contributed by atoms with E-state index in [0.717, 1.165) is 11.8 Å². The molecule has 2 fully saturated rings. The Kier molecular flexibility index (Phi) is 6.29. The van der Waals surface area contributed by atoms with Crippen molar-refractivity contribution in [3.05, 3.63) is 0 Å². The maximum absolute atomic E-state index is 6.78. The molecule has 2 saturated carbocycles. The number of hydrogen-bond acceptors (Lipinski definition) is 0. The first kappa shape index (κ1) is 14.8. The van der Waals surface area contributed by atoms with E-state index in [4.69, 9.17) is 17.8 Å². The van der Waals surface area contributed by atoms with E-state index in [0.29, 0.717) is 0 Å². The maximum atomic E-state index is 6.78. The van der Waals surface area contributed by atoms with Gasteiger partial charge in [0.25, 0.3) is 0 Å². The van der Waals surface area contributed by atoms with Crippen molar-refractivity contribution in [3.8, 4) is 0 Å². The Bertz CT molecular complexity index is 196. The van der Waals surface area contributed by atoms with Crippen LogP contribution in [0, 0.1) is 11.8 Å². The minimum atomic E-state index is -2.70. The molecule has 0 amide bonds. The van der Waals surface area contributed by atoms with Crippen LogP contribution in [0.25, 0.3) is 0 Å². The first-order chi connectivity index (χ1) is 8.16. The van der Waals surface area contributed by atoms with Crippen LogP contribution in [-0.4, -0.2) is 16.1 Å². The molecule has 0 aromatic carbocycles. The van der Waals surface area contributed by atoms with Crippen molar-refractivity contribution in [2.45, 2.75) is 73.1 Å². The second-order valence-corrected chi connectivity index (χ2v) is 24.5. The van der Waals surface area contributed by atoms with Crippen LogP contribution in [0.5, 0.6) is 0 Å². The van der Waals surface area contributed by atoms with E-state index in [-0.39, 0.29) is 0 Å². The van der Waals surface area contributed by atoms with Crippen molar-refractivity contribution < 1.29 is 0 Å². The molecule has 17 heavy (non-hydrogen) atoms. The summed E-state index contributed by atoms with van der Waals surface area (Å²) in [5.41, 5.74) is 0. The Labute approximate surface area is 118 Å². The van der Waals surface area contributed by atoms with Gasteiger partial charge in [0.2, 0.25) is 0 Å². The van der Waals surface area contributed by atoms with E-state index >= 15 is 0 Å². The molecule has 0 aliphatic heterocycles. The second-order valence-electron chi connectivity index (χ2n) is 6.27. The van der Waals surface area contributed by atoms with Crippen molar-refractivity contribution >= 4 is 34.0 Å². The summed E-state index contributed by atoms with van der Waals surface area (Å²) in [5, 5.41) is 0. The van der Waals surface area contributed by atoms with Gasteiger partial charge in [-0.2, -0.15) is 0 Å². The average molecular weight is 384 g/mol. The predicted octanol–water partition coefficient (Wildman–Crippen LogP) is 6.07. The number of halogens is 2. The molecule has 0 radical (unpaired) electrons. The minimum absolute atomic E-state index is 0.887. The molecule has 0 saturated heterocycles. The van der Waals surface area contributed by atoms with E-state index in [1.54, 1.807) is 0 Å². The SMILES string of the molecule is [Cl][Sn]([Cl])([CH2]C1CCCCC1)[CH2]C1CCCCC1. The van der Waals surface area contributed by atoms with Crippen molar-refractivity contribution in [1.29, 1.82) is 0 Å². The summed E-state index contributed by atoms with van der Waals surface area (Å²) >= 11 is -2.70. The van der Waals surface area contributed by atoms with E-state index in [9.17, 15) is 0 Å². The molecule has 0 heterocycles. The third kappa shape index (κ3) is 5.48. The predicted molar refractivity (Wildman–Crippen MR) is 80.2 cm³/mol. The zero-order valence-corrected chi connectivity index (χ0v) is 15.3. The van der Waals surface area contributed by atoms with Crippen molar-refractivity contribution in [2.24, 2.45) is 11.8 Å². The number of hydrogen-bond donors (Lipinski definition) is 0. The first-order valence-electron chi connectivity index (χ1n) is 7.53. The Hall–Kier alpha value is 1.38. The van der Waals surface area contributed by atoms with Gasteiger partial charge >= 0.3 is 119 Å². The van der Waals surface area contributed by atoms with Crippen LogP contribution in [0.4, 0.5) is 0 Å². The molecule has 0 atom stereocenters. The van der Waals surface area contributed by atoms with Gasteiger partial charge in [0.05, 0.1) is 0 Å². The van der Waals surface area contributed by atoms with Gasteiger partial charge in [0.15, 0.2) is 0 Å². The normalized spacial score (nSPS) is 25.1. The topological polar surface area (TPSA) is 0 Å². The third-order valence-corrected chi connectivity index (χ3v) is 15.5. The molecule has 0 N–H and O–H groups in total. The molecule has 2 aliphatic rings. The Morgan fingerprint density at radius 2 is 1.00 bits per heavy atom. The van der Waals surface area contributed by atoms with Crippen LogP contribution in [0.3, 0.4) is 0 Å². The third-order valence-electron chi connectivity index (χ3n) is 4.62. The van der Waals surface area contributed by atoms with Gasteiger partial charge < -0.3 is 0 Å². The fourth-order valence-corrected chi connectivity index (χ4v) is 17.2. The molecule has 2 aliphatic carbocycles. The number of rotatable bonds is 4. The fraction of sp³-hybridized carbons (Fsp3) is 1.00.